The maximum absolute atomic E-state index is 10.2. The number of amides is 1. The minimum absolute atomic E-state index is 0.176. The Kier molecular flexibility index (Phi) is 29.9. The lowest BCUT2D eigenvalue weighted by atomic mass is 10.4. The van der Waals surface area contributed by atoms with Crippen molar-refractivity contribution < 1.29 is 44.0 Å². The molecule has 29 heavy (non-hydrogen) atoms. The largest absolute Gasteiger partial charge is 0.478 e. The van der Waals surface area contributed by atoms with Crippen LogP contribution in [-0.2, 0) is 28.7 Å². The molecule has 0 aromatic carbocycles. The van der Waals surface area contributed by atoms with Gasteiger partial charge in [-0.2, -0.15) is 0 Å². The molecule has 164 valence electrons. The second-order valence-corrected chi connectivity index (χ2v) is 4.59. The third-order valence-corrected chi connectivity index (χ3v) is 1.64. The molecule has 10 heteroatoms. The standard InChI is InChI=1S/C5H8O2.2C4H6O2.C3H5NO.C3H4O2/c1-4(2)5(6)7-3;2*1-3(2)4(5)6;2*1-2-3(4)5/h1H2,2-3H3;2*1H2,2H3,(H,5,6);2H,1H2,(H2,4,5);2H,1H2,(H,4,5). The first kappa shape index (κ1) is 36.0. The van der Waals surface area contributed by atoms with Gasteiger partial charge in [-0.25, -0.2) is 19.2 Å². The van der Waals surface area contributed by atoms with E-state index < -0.39 is 23.8 Å². The second-order valence-electron chi connectivity index (χ2n) is 4.59. The van der Waals surface area contributed by atoms with Crippen LogP contribution < -0.4 is 5.73 Å². The highest BCUT2D eigenvalue weighted by Crippen LogP contribution is 1.87. The second kappa shape index (κ2) is 24.1. The van der Waals surface area contributed by atoms with Gasteiger partial charge < -0.3 is 25.8 Å². The lowest BCUT2D eigenvalue weighted by molar-refractivity contribution is -0.136. The van der Waals surface area contributed by atoms with E-state index in [0.717, 1.165) is 12.2 Å². The summed E-state index contributed by atoms with van der Waals surface area (Å²) in [6.07, 6.45) is 1.89. The fourth-order valence-corrected chi connectivity index (χ4v) is 0.174. The molecule has 0 heterocycles. The van der Waals surface area contributed by atoms with Gasteiger partial charge in [0.25, 0.3) is 0 Å². The van der Waals surface area contributed by atoms with E-state index in [-0.39, 0.29) is 17.1 Å². The average Bonchev–Trinajstić information content (AvgIpc) is 2.62. The SMILES string of the molecule is C=C(C)C(=O)O.C=C(C)C(=O)O.C=C(C)C(=O)OC.C=CC(=O)O.C=CC(N)=O. The van der Waals surface area contributed by atoms with Crippen molar-refractivity contribution in [1.29, 1.82) is 0 Å². The maximum atomic E-state index is 10.2. The molecule has 5 N–H and O–H groups in total. The van der Waals surface area contributed by atoms with Crippen LogP contribution in [0.25, 0.3) is 0 Å². The molecule has 0 fully saturated rings. The first-order valence-electron chi connectivity index (χ1n) is 7.30. The van der Waals surface area contributed by atoms with Crippen LogP contribution in [0.15, 0.2) is 61.8 Å². The Morgan fingerprint density at radius 3 is 0.966 bits per heavy atom. The van der Waals surface area contributed by atoms with Crippen molar-refractivity contribution in [3.05, 3.63) is 61.8 Å². The Balaban J connectivity index is -0.0000000833. The number of hydrogen-bond donors (Lipinski definition) is 4. The van der Waals surface area contributed by atoms with Crippen LogP contribution in [0.5, 0.6) is 0 Å². The smallest absolute Gasteiger partial charge is 0.332 e. The number of carboxylic acid groups (broad SMARTS) is 3. The molecule has 0 aromatic rings. The van der Waals surface area contributed by atoms with Crippen LogP contribution in [0.1, 0.15) is 20.8 Å². The topological polar surface area (TPSA) is 181 Å². The van der Waals surface area contributed by atoms with Gasteiger partial charge >= 0.3 is 23.9 Å². The van der Waals surface area contributed by atoms with Crippen LogP contribution in [0, 0.1) is 0 Å². The molecule has 0 aliphatic heterocycles. The normalized spacial score (nSPS) is 7.17. The molecule has 0 aromatic heterocycles. The highest BCUT2D eigenvalue weighted by atomic mass is 16.5. The molecule has 0 atom stereocenters. The van der Waals surface area contributed by atoms with Crippen molar-refractivity contribution >= 4 is 29.8 Å². The highest BCUT2D eigenvalue weighted by molar-refractivity contribution is 5.87. The quantitative estimate of drug-likeness (QED) is 0.385. The number of nitrogens with two attached hydrogens (primary N) is 1. The molecule has 10 nitrogen and oxygen atoms in total. The van der Waals surface area contributed by atoms with Gasteiger partial charge in [0, 0.05) is 22.8 Å². The lowest BCUT2D eigenvalue weighted by Gasteiger charge is -1.91. The minimum Gasteiger partial charge on any atom is -0.478 e. The Bertz CT molecular complexity index is 566. The highest BCUT2D eigenvalue weighted by Gasteiger charge is 1.95. The number of hydrogen-bond acceptors (Lipinski definition) is 6. The zero-order valence-electron chi connectivity index (χ0n) is 17.1. The van der Waals surface area contributed by atoms with Crippen molar-refractivity contribution in [2.75, 3.05) is 7.11 Å². The van der Waals surface area contributed by atoms with E-state index in [1.54, 1.807) is 6.92 Å². The number of primary amides is 1. The van der Waals surface area contributed by atoms with Crippen LogP contribution in [0.3, 0.4) is 0 Å². The number of aliphatic carboxylic acids is 3. The van der Waals surface area contributed by atoms with Gasteiger partial charge in [0.1, 0.15) is 0 Å². The van der Waals surface area contributed by atoms with Gasteiger partial charge in [-0.1, -0.05) is 32.9 Å². The van der Waals surface area contributed by atoms with Crippen molar-refractivity contribution in [3.63, 3.8) is 0 Å². The van der Waals surface area contributed by atoms with E-state index in [4.69, 9.17) is 15.3 Å². The van der Waals surface area contributed by atoms with Gasteiger partial charge in [0.05, 0.1) is 7.11 Å². The maximum Gasteiger partial charge on any atom is 0.332 e. The number of esters is 1. The number of ether oxygens (including phenoxy) is 1. The first-order chi connectivity index (χ1) is 13.0. The number of methoxy groups -OCH3 is 1. The molecule has 1 amide bonds. The molecule has 0 spiro atoms. The molecule has 0 bridgehead atoms. The van der Waals surface area contributed by atoms with Crippen molar-refractivity contribution in [2.45, 2.75) is 20.8 Å². The summed E-state index contributed by atoms with van der Waals surface area (Å²) < 4.78 is 4.27. The van der Waals surface area contributed by atoms with Crippen LogP contribution in [0.4, 0.5) is 0 Å². The number of carbonyl (C=O) groups is 5. The zero-order valence-corrected chi connectivity index (χ0v) is 17.1. The van der Waals surface area contributed by atoms with Crippen molar-refractivity contribution in [2.24, 2.45) is 5.73 Å². The summed E-state index contributed by atoms with van der Waals surface area (Å²) in [5, 5.41) is 23.4. The molecule has 0 rings (SSSR count). The first-order valence-corrected chi connectivity index (χ1v) is 7.30. The molecular formula is C19H29NO9. The van der Waals surface area contributed by atoms with E-state index in [2.05, 4.69) is 43.4 Å². The molecule has 0 aliphatic rings. The van der Waals surface area contributed by atoms with Gasteiger partial charge in [0.2, 0.25) is 5.91 Å². The van der Waals surface area contributed by atoms with Crippen LogP contribution in [-0.4, -0.2) is 52.2 Å². The zero-order chi connectivity index (χ0) is 24.7. The minimum atomic E-state index is -0.981. The molecule has 0 unspecified atom stereocenters. The Hall–Kier alpha value is -3.95. The van der Waals surface area contributed by atoms with Gasteiger partial charge in [-0.3, -0.25) is 4.79 Å². The predicted molar refractivity (Wildman–Crippen MR) is 109 cm³/mol. The summed E-state index contributed by atoms with van der Waals surface area (Å²) in [6, 6.07) is 0. The van der Waals surface area contributed by atoms with E-state index in [9.17, 15) is 24.0 Å². The van der Waals surface area contributed by atoms with Crippen molar-refractivity contribution in [3.8, 4) is 0 Å². The van der Waals surface area contributed by atoms with Gasteiger partial charge in [0.15, 0.2) is 0 Å². The summed E-state index contributed by atoms with van der Waals surface area (Å²) >= 11 is 0. The summed E-state index contributed by atoms with van der Waals surface area (Å²) in [5.74, 6) is -3.68. The fraction of sp³-hybridized carbons (Fsp3) is 0.211. The predicted octanol–water partition coefficient (Wildman–Crippen LogP) is 1.94. The fourth-order valence-electron chi connectivity index (χ4n) is 0.174. The Morgan fingerprint density at radius 2 is 0.966 bits per heavy atom. The van der Waals surface area contributed by atoms with E-state index in [1.165, 1.54) is 21.0 Å². The van der Waals surface area contributed by atoms with E-state index >= 15 is 0 Å². The summed E-state index contributed by atoms with van der Waals surface area (Å²) in [6.45, 7) is 20.2. The van der Waals surface area contributed by atoms with Gasteiger partial charge in [-0.15, -0.1) is 0 Å². The molecular weight excluding hydrogens is 386 g/mol. The number of carboxylic acids is 3. The average molecular weight is 415 g/mol. The summed E-state index contributed by atoms with van der Waals surface area (Å²) in [5.41, 5.74) is 5.32. The molecule has 0 saturated heterocycles. The summed E-state index contributed by atoms with van der Waals surface area (Å²) in [7, 11) is 1.33. The van der Waals surface area contributed by atoms with Crippen LogP contribution >= 0.6 is 0 Å². The Morgan fingerprint density at radius 1 is 0.759 bits per heavy atom. The van der Waals surface area contributed by atoms with E-state index in [0.29, 0.717) is 5.57 Å². The monoisotopic (exact) mass is 415 g/mol. The third-order valence-electron chi connectivity index (χ3n) is 1.64. The summed E-state index contributed by atoms with van der Waals surface area (Å²) in [4.78, 5) is 48.1. The third kappa shape index (κ3) is 59.2. The molecule has 0 saturated carbocycles. The number of carbonyl (C=O) groups excluding carboxylic acids is 2. The lowest BCUT2D eigenvalue weighted by Crippen LogP contribution is -2.04. The molecule has 0 aliphatic carbocycles. The van der Waals surface area contributed by atoms with Gasteiger partial charge in [-0.05, 0) is 26.8 Å². The molecule has 0 radical (unpaired) electrons. The Labute approximate surface area is 170 Å². The van der Waals surface area contributed by atoms with E-state index in [1.807, 2.05) is 0 Å². The number of rotatable bonds is 5. The van der Waals surface area contributed by atoms with Crippen molar-refractivity contribution in [1.82, 2.24) is 0 Å². The van der Waals surface area contributed by atoms with Crippen LogP contribution in [0.2, 0.25) is 0 Å².